The number of morpholine rings is 1. The first-order chi connectivity index (χ1) is 19.5. The molecule has 10 nitrogen and oxygen atoms in total. The summed E-state index contributed by atoms with van der Waals surface area (Å²) in [6, 6.07) is 7.70. The predicted molar refractivity (Wildman–Crippen MR) is 146 cm³/mol. The highest BCUT2D eigenvalue weighted by atomic mass is 16.7. The lowest BCUT2D eigenvalue weighted by atomic mass is 9.62. The van der Waals surface area contributed by atoms with Gasteiger partial charge in [0.15, 0.2) is 23.0 Å². The molecule has 0 unspecified atom stereocenters. The van der Waals surface area contributed by atoms with Crippen molar-refractivity contribution in [2.45, 2.75) is 18.3 Å². The summed E-state index contributed by atoms with van der Waals surface area (Å²) in [7, 11) is 5.17. The summed E-state index contributed by atoms with van der Waals surface area (Å²) < 4.78 is 33.7. The van der Waals surface area contributed by atoms with Crippen molar-refractivity contribution in [3.05, 3.63) is 41.0 Å². The smallest absolute Gasteiger partial charge is 0.310 e. The molecule has 1 aliphatic carbocycles. The number of methoxy groups -OCH3 is 2. The van der Waals surface area contributed by atoms with E-state index >= 15 is 0 Å². The van der Waals surface area contributed by atoms with Gasteiger partial charge in [0, 0.05) is 38.0 Å². The van der Waals surface area contributed by atoms with Gasteiger partial charge in [0.25, 0.3) is 0 Å². The first-order valence-electron chi connectivity index (χ1n) is 14.0. The molecule has 10 heteroatoms. The fourth-order valence-electron chi connectivity index (χ4n) is 6.75. The van der Waals surface area contributed by atoms with Crippen molar-refractivity contribution in [2.75, 3.05) is 80.6 Å². The highest BCUT2D eigenvalue weighted by Crippen LogP contribution is 2.56. The van der Waals surface area contributed by atoms with E-state index in [1.807, 2.05) is 6.07 Å². The monoisotopic (exact) mass is 554 g/mol. The van der Waals surface area contributed by atoms with Crippen LogP contribution in [-0.2, 0) is 14.3 Å². The van der Waals surface area contributed by atoms with Gasteiger partial charge in [0.05, 0.1) is 40.0 Å². The van der Waals surface area contributed by atoms with Crippen molar-refractivity contribution in [3.63, 3.8) is 0 Å². The Morgan fingerprint density at radius 3 is 2.33 bits per heavy atom. The summed E-state index contributed by atoms with van der Waals surface area (Å²) in [5.74, 6) is 1.15. The molecule has 2 aromatic rings. The zero-order valence-corrected chi connectivity index (χ0v) is 23.4. The number of cyclic esters (lactones) is 1. The number of phenolic OH excluding ortho intramolecular Hbond substituents is 1. The summed E-state index contributed by atoms with van der Waals surface area (Å²) in [5.41, 5.74) is 2.99. The number of likely N-dealkylation sites (N-methyl/N-ethyl adjacent to an activating group) is 1. The van der Waals surface area contributed by atoms with Crippen molar-refractivity contribution < 1.29 is 38.3 Å². The molecule has 40 heavy (non-hydrogen) atoms. The van der Waals surface area contributed by atoms with Crippen LogP contribution < -0.4 is 18.9 Å². The fraction of sp³-hybridized carbons (Fsp3) is 0.567. The van der Waals surface area contributed by atoms with Crippen LogP contribution in [0.1, 0.15) is 34.9 Å². The molecule has 4 atom stereocenters. The average Bonchev–Trinajstić information content (AvgIpc) is 3.60. The van der Waals surface area contributed by atoms with Gasteiger partial charge in [-0.1, -0.05) is 0 Å². The summed E-state index contributed by atoms with van der Waals surface area (Å²) in [4.78, 5) is 18.2. The summed E-state index contributed by atoms with van der Waals surface area (Å²) >= 11 is 0. The second kappa shape index (κ2) is 11.3. The molecule has 0 spiro atoms. The van der Waals surface area contributed by atoms with Crippen LogP contribution in [0.5, 0.6) is 28.7 Å². The normalized spacial score (nSPS) is 25.4. The number of carbonyl (C=O) groups is 1. The summed E-state index contributed by atoms with van der Waals surface area (Å²) in [6.45, 7) is 7.00. The van der Waals surface area contributed by atoms with Gasteiger partial charge in [-0.15, -0.1) is 0 Å². The van der Waals surface area contributed by atoms with E-state index < -0.39 is 0 Å². The Morgan fingerprint density at radius 1 is 0.975 bits per heavy atom. The maximum absolute atomic E-state index is 13.4. The first-order valence-corrected chi connectivity index (χ1v) is 14.0. The van der Waals surface area contributed by atoms with Gasteiger partial charge in [0.2, 0.25) is 12.5 Å². The van der Waals surface area contributed by atoms with E-state index in [1.165, 1.54) is 14.2 Å². The molecular formula is C30H38N2O8. The van der Waals surface area contributed by atoms with E-state index in [0.29, 0.717) is 23.9 Å². The Bertz CT molecular complexity index is 1220. The van der Waals surface area contributed by atoms with Gasteiger partial charge in [0.1, 0.15) is 0 Å². The number of fused-ring (bicyclic) bond motifs is 3. The molecule has 3 aliphatic heterocycles. The Hall–Kier alpha value is -3.21. The molecular weight excluding hydrogens is 516 g/mol. The number of carbonyl (C=O) groups excluding carboxylic acids is 1. The molecule has 2 aromatic carbocycles. The van der Waals surface area contributed by atoms with Gasteiger partial charge < -0.3 is 38.4 Å². The van der Waals surface area contributed by atoms with Crippen LogP contribution in [0.25, 0.3) is 0 Å². The van der Waals surface area contributed by atoms with Crippen molar-refractivity contribution in [1.29, 1.82) is 0 Å². The molecule has 0 bridgehead atoms. The largest absolute Gasteiger partial charge is 0.502 e. The molecule has 0 radical (unpaired) electrons. The van der Waals surface area contributed by atoms with E-state index in [4.69, 9.17) is 28.4 Å². The van der Waals surface area contributed by atoms with E-state index in [-0.39, 0.29) is 42.2 Å². The van der Waals surface area contributed by atoms with Gasteiger partial charge in [-0.25, -0.2) is 0 Å². The predicted octanol–water partition coefficient (Wildman–Crippen LogP) is 2.81. The zero-order valence-electron chi connectivity index (χ0n) is 23.4. The minimum absolute atomic E-state index is 0.00353. The van der Waals surface area contributed by atoms with E-state index in [1.54, 1.807) is 12.1 Å². The molecule has 3 heterocycles. The second-order valence-electron chi connectivity index (χ2n) is 11.1. The Kier molecular flexibility index (Phi) is 7.65. The molecule has 2 saturated heterocycles. The van der Waals surface area contributed by atoms with Crippen LogP contribution in [0.15, 0.2) is 24.3 Å². The number of benzene rings is 2. The van der Waals surface area contributed by atoms with Crippen LogP contribution in [0.3, 0.4) is 0 Å². The molecule has 4 aliphatic rings. The topological polar surface area (TPSA) is 99.2 Å². The average molecular weight is 555 g/mol. The van der Waals surface area contributed by atoms with Crippen molar-refractivity contribution in [3.8, 4) is 28.7 Å². The summed E-state index contributed by atoms with van der Waals surface area (Å²) in [5, 5.41) is 10.6. The quantitative estimate of drug-likeness (QED) is 0.466. The highest BCUT2D eigenvalue weighted by molar-refractivity contribution is 5.79. The Morgan fingerprint density at radius 2 is 1.65 bits per heavy atom. The van der Waals surface area contributed by atoms with Crippen LogP contribution in [0.4, 0.5) is 0 Å². The molecule has 1 N–H and O–H groups in total. The number of nitrogens with zero attached hydrogens (tertiary/aromatic N) is 2. The van der Waals surface area contributed by atoms with Crippen molar-refractivity contribution in [1.82, 2.24) is 9.80 Å². The maximum atomic E-state index is 13.4. The molecule has 0 aromatic heterocycles. The van der Waals surface area contributed by atoms with Gasteiger partial charge in [-0.3, -0.25) is 9.69 Å². The SMILES string of the molecule is COc1cc([C@@H]2c3cc4c(cc3[C@@H](CCN(C)CCN3CCOCC3)[C@H]3COC(=O)[C@H]23)OCO4)cc(OC)c1O. The summed E-state index contributed by atoms with van der Waals surface area (Å²) in [6.07, 6.45) is 0.888. The van der Waals surface area contributed by atoms with E-state index in [9.17, 15) is 9.90 Å². The lowest BCUT2D eigenvalue weighted by Crippen LogP contribution is -2.41. The Labute approximate surface area is 234 Å². The Balaban J connectivity index is 1.34. The lowest BCUT2D eigenvalue weighted by molar-refractivity contribution is -0.141. The number of rotatable bonds is 9. The van der Waals surface area contributed by atoms with Gasteiger partial charge in [-0.05, 0) is 66.9 Å². The molecule has 216 valence electrons. The molecule has 0 saturated carbocycles. The lowest BCUT2D eigenvalue weighted by Gasteiger charge is -2.40. The molecule has 0 amide bonds. The fourth-order valence-corrected chi connectivity index (χ4v) is 6.75. The highest BCUT2D eigenvalue weighted by Gasteiger charge is 2.52. The minimum atomic E-state index is -0.379. The number of esters is 1. The van der Waals surface area contributed by atoms with Crippen LogP contribution in [0.2, 0.25) is 0 Å². The second-order valence-corrected chi connectivity index (χ2v) is 11.1. The third kappa shape index (κ3) is 4.93. The first kappa shape index (κ1) is 27.0. The number of ether oxygens (including phenoxy) is 6. The third-order valence-corrected chi connectivity index (χ3v) is 8.92. The van der Waals surface area contributed by atoms with E-state index in [2.05, 4.69) is 22.9 Å². The number of hydrogen-bond donors (Lipinski definition) is 1. The van der Waals surface area contributed by atoms with Gasteiger partial charge in [-0.2, -0.15) is 0 Å². The van der Waals surface area contributed by atoms with Crippen molar-refractivity contribution in [2.24, 2.45) is 11.8 Å². The van der Waals surface area contributed by atoms with E-state index in [0.717, 1.165) is 74.8 Å². The molecule has 2 fully saturated rings. The minimum Gasteiger partial charge on any atom is -0.502 e. The maximum Gasteiger partial charge on any atom is 0.310 e. The zero-order chi connectivity index (χ0) is 27.8. The number of hydrogen-bond acceptors (Lipinski definition) is 10. The van der Waals surface area contributed by atoms with Crippen molar-refractivity contribution >= 4 is 5.97 Å². The number of phenols is 1. The van der Waals surface area contributed by atoms with Gasteiger partial charge >= 0.3 is 5.97 Å². The third-order valence-electron chi connectivity index (χ3n) is 8.92. The van der Waals surface area contributed by atoms with Crippen LogP contribution in [-0.4, -0.2) is 101 Å². The molecule has 6 rings (SSSR count). The number of aromatic hydroxyl groups is 1. The van der Waals surface area contributed by atoms with Crippen LogP contribution >= 0.6 is 0 Å². The standard InChI is InChI=1S/C30H38N2O8/c1-31(6-7-32-8-10-37-11-9-32)5-4-19-20-14-23-24(40-17-39-23)15-21(20)27(28-22(19)16-38-30(28)34)18-12-25(35-2)29(33)26(13-18)36-3/h12-15,19,22,27-28,33H,4-11,16-17H2,1-3H3/t19-,22-,27-,28+/m1/s1. The van der Waals surface area contributed by atoms with Crippen LogP contribution in [0, 0.1) is 11.8 Å².